The minimum Gasteiger partial charge on any atom is -0.497 e. The fourth-order valence-electron chi connectivity index (χ4n) is 2.93. The standard InChI is InChI=1S/C15H19NO3/c1-15(5-3-13(17)16-9-15)12-8-11(18-2)7-10-4-6-19-14(10)12/h7-8H,3-6,9H2,1-2H3,(H,16,17). The molecule has 1 unspecified atom stereocenters. The average Bonchev–Trinajstić information content (AvgIpc) is 2.89. The number of fused-ring (bicyclic) bond motifs is 1. The molecule has 0 saturated carbocycles. The molecular formula is C15H19NO3. The molecule has 1 saturated heterocycles. The average molecular weight is 261 g/mol. The number of rotatable bonds is 2. The second kappa shape index (κ2) is 4.44. The summed E-state index contributed by atoms with van der Waals surface area (Å²) in [6, 6.07) is 4.11. The van der Waals surface area contributed by atoms with Crippen LogP contribution in [0.1, 0.15) is 30.9 Å². The number of carbonyl (C=O) groups is 1. The van der Waals surface area contributed by atoms with Gasteiger partial charge in [0.25, 0.3) is 0 Å². The molecule has 2 aliphatic rings. The molecule has 2 aliphatic heterocycles. The largest absolute Gasteiger partial charge is 0.497 e. The van der Waals surface area contributed by atoms with E-state index in [1.54, 1.807) is 7.11 Å². The third-order valence-corrected chi connectivity index (χ3v) is 4.22. The molecule has 1 aromatic carbocycles. The van der Waals surface area contributed by atoms with Crippen LogP contribution < -0.4 is 14.8 Å². The van der Waals surface area contributed by atoms with Crippen LogP contribution in [0.25, 0.3) is 0 Å². The second-order valence-electron chi connectivity index (χ2n) is 5.60. The zero-order valence-corrected chi connectivity index (χ0v) is 11.4. The van der Waals surface area contributed by atoms with E-state index in [-0.39, 0.29) is 11.3 Å². The molecule has 19 heavy (non-hydrogen) atoms. The second-order valence-corrected chi connectivity index (χ2v) is 5.60. The van der Waals surface area contributed by atoms with Crippen LogP contribution in [0.15, 0.2) is 12.1 Å². The van der Waals surface area contributed by atoms with E-state index < -0.39 is 0 Å². The van der Waals surface area contributed by atoms with Crippen LogP contribution in [-0.2, 0) is 16.6 Å². The predicted molar refractivity (Wildman–Crippen MR) is 71.8 cm³/mol. The number of carbonyl (C=O) groups excluding carboxylic acids is 1. The Morgan fingerprint density at radius 1 is 1.37 bits per heavy atom. The SMILES string of the molecule is COc1cc2c(c(C3(C)CCC(=O)NC3)c1)OCC2. The number of nitrogens with one attached hydrogen (secondary N) is 1. The van der Waals surface area contributed by atoms with Gasteiger partial charge in [0.2, 0.25) is 5.91 Å². The van der Waals surface area contributed by atoms with Crippen molar-refractivity contribution >= 4 is 5.91 Å². The minimum absolute atomic E-state index is 0.0725. The van der Waals surface area contributed by atoms with Crippen LogP contribution in [-0.4, -0.2) is 26.2 Å². The molecule has 0 aliphatic carbocycles. The summed E-state index contributed by atoms with van der Waals surface area (Å²) in [5, 5.41) is 2.96. The van der Waals surface area contributed by atoms with Crippen molar-refractivity contribution in [3.63, 3.8) is 0 Å². The van der Waals surface area contributed by atoms with Crippen LogP contribution in [0.3, 0.4) is 0 Å². The molecule has 1 aromatic rings. The topological polar surface area (TPSA) is 47.6 Å². The fourth-order valence-corrected chi connectivity index (χ4v) is 2.93. The molecule has 1 N–H and O–H groups in total. The van der Waals surface area contributed by atoms with Gasteiger partial charge in [-0.15, -0.1) is 0 Å². The molecule has 102 valence electrons. The number of amides is 1. The summed E-state index contributed by atoms with van der Waals surface area (Å²) < 4.78 is 11.2. The molecule has 0 radical (unpaired) electrons. The smallest absolute Gasteiger partial charge is 0.220 e. The first-order valence-corrected chi connectivity index (χ1v) is 6.73. The highest BCUT2D eigenvalue weighted by molar-refractivity contribution is 5.77. The van der Waals surface area contributed by atoms with Gasteiger partial charge in [-0.1, -0.05) is 6.92 Å². The van der Waals surface area contributed by atoms with Gasteiger partial charge in [-0.2, -0.15) is 0 Å². The van der Waals surface area contributed by atoms with Gasteiger partial charge in [0.1, 0.15) is 11.5 Å². The quantitative estimate of drug-likeness (QED) is 0.883. The first-order valence-electron chi connectivity index (χ1n) is 6.73. The van der Waals surface area contributed by atoms with Gasteiger partial charge in [-0.3, -0.25) is 4.79 Å². The molecule has 2 heterocycles. The summed E-state index contributed by atoms with van der Waals surface area (Å²) in [6.45, 7) is 3.58. The van der Waals surface area contributed by atoms with Crippen molar-refractivity contribution in [3.8, 4) is 11.5 Å². The molecule has 1 atom stereocenters. The van der Waals surface area contributed by atoms with Crippen LogP contribution >= 0.6 is 0 Å². The first kappa shape index (κ1) is 12.3. The minimum atomic E-state index is -0.0725. The third kappa shape index (κ3) is 2.05. The lowest BCUT2D eigenvalue weighted by Gasteiger charge is -2.35. The maximum atomic E-state index is 11.4. The summed E-state index contributed by atoms with van der Waals surface area (Å²) in [7, 11) is 1.69. The van der Waals surface area contributed by atoms with E-state index in [1.807, 2.05) is 0 Å². The summed E-state index contributed by atoms with van der Waals surface area (Å²) in [5.41, 5.74) is 2.31. The Morgan fingerprint density at radius 2 is 2.21 bits per heavy atom. The van der Waals surface area contributed by atoms with E-state index in [4.69, 9.17) is 9.47 Å². The van der Waals surface area contributed by atoms with Crippen LogP contribution in [0, 0.1) is 0 Å². The van der Waals surface area contributed by atoms with Crippen molar-refractivity contribution in [1.29, 1.82) is 0 Å². The van der Waals surface area contributed by atoms with Crippen LogP contribution in [0.5, 0.6) is 11.5 Å². The molecule has 1 fully saturated rings. The van der Waals surface area contributed by atoms with E-state index in [1.165, 1.54) is 11.1 Å². The lowest BCUT2D eigenvalue weighted by Crippen LogP contribution is -2.44. The van der Waals surface area contributed by atoms with E-state index in [2.05, 4.69) is 24.4 Å². The molecule has 4 nitrogen and oxygen atoms in total. The van der Waals surface area contributed by atoms with Gasteiger partial charge in [-0.25, -0.2) is 0 Å². The highest BCUT2D eigenvalue weighted by Gasteiger charge is 2.36. The molecule has 3 rings (SSSR count). The maximum Gasteiger partial charge on any atom is 0.220 e. The number of piperidine rings is 1. The number of ether oxygens (including phenoxy) is 2. The summed E-state index contributed by atoms with van der Waals surface area (Å²) in [4.78, 5) is 11.4. The zero-order chi connectivity index (χ0) is 13.5. The highest BCUT2D eigenvalue weighted by atomic mass is 16.5. The molecule has 0 aromatic heterocycles. The molecular weight excluding hydrogens is 242 g/mol. The van der Waals surface area contributed by atoms with Crippen molar-refractivity contribution in [3.05, 3.63) is 23.3 Å². The van der Waals surface area contributed by atoms with Crippen LogP contribution in [0.4, 0.5) is 0 Å². The predicted octanol–water partition coefficient (Wildman–Crippen LogP) is 1.80. The summed E-state index contributed by atoms with van der Waals surface area (Å²) >= 11 is 0. The van der Waals surface area contributed by atoms with Crippen molar-refractivity contribution in [2.24, 2.45) is 0 Å². The Balaban J connectivity index is 2.04. The van der Waals surface area contributed by atoms with Gasteiger partial charge in [-0.05, 0) is 18.6 Å². The molecule has 0 spiro atoms. The Labute approximate surface area is 113 Å². The lowest BCUT2D eigenvalue weighted by atomic mass is 9.75. The zero-order valence-electron chi connectivity index (χ0n) is 11.4. The van der Waals surface area contributed by atoms with Gasteiger partial charge in [0, 0.05) is 35.9 Å². The molecule has 0 bridgehead atoms. The third-order valence-electron chi connectivity index (χ3n) is 4.22. The van der Waals surface area contributed by atoms with Crippen molar-refractivity contribution in [2.75, 3.05) is 20.3 Å². The monoisotopic (exact) mass is 261 g/mol. The molecule has 4 heteroatoms. The van der Waals surface area contributed by atoms with Crippen LogP contribution in [0.2, 0.25) is 0 Å². The molecule has 1 amide bonds. The Kier molecular flexibility index (Phi) is 2.88. The lowest BCUT2D eigenvalue weighted by molar-refractivity contribution is -0.123. The number of benzene rings is 1. The summed E-state index contributed by atoms with van der Waals surface area (Å²) in [6.07, 6.45) is 2.35. The highest BCUT2D eigenvalue weighted by Crippen LogP contribution is 2.43. The Hall–Kier alpha value is -1.71. The van der Waals surface area contributed by atoms with E-state index in [0.717, 1.165) is 30.9 Å². The fraction of sp³-hybridized carbons (Fsp3) is 0.533. The van der Waals surface area contributed by atoms with E-state index in [0.29, 0.717) is 13.0 Å². The van der Waals surface area contributed by atoms with Crippen molar-refractivity contribution in [1.82, 2.24) is 5.32 Å². The van der Waals surface area contributed by atoms with Crippen molar-refractivity contribution < 1.29 is 14.3 Å². The number of methoxy groups -OCH3 is 1. The first-order chi connectivity index (χ1) is 9.12. The van der Waals surface area contributed by atoms with Crippen molar-refractivity contribution in [2.45, 2.75) is 31.6 Å². The van der Waals surface area contributed by atoms with E-state index >= 15 is 0 Å². The summed E-state index contributed by atoms with van der Waals surface area (Å²) in [5.74, 6) is 2.01. The van der Waals surface area contributed by atoms with Gasteiger partial charge < -0.3 is 14.8 Å². The Morgan fingerprint density at radius 3 is 2.89 bits per heavy atom. The van der Waals surface area contributed by atoms with Gasteiger partial charge in [0.15, 0.2) is 0 Å². The number of hydrogen-bond acceptors (Lipinski definition) is 3. The maximum absolute atomic E-state index is 11.4. The van der Waals surface area contributed by atoms with Gasteiger partial charge >= 0.3 is 0 Å². The van der Waals surface area contributed by atoms with E-state index in [9.17, 15) is 4.79 Å². The Bertz CT molecular complexity index is 514. The normalized spacial score (nSPS) is 25.5. The number of hydrogen-bond donors (Lipinski definition) is 1. The van der Waals surface area contributed by atoms with Gasteiger partial charge in [0.05, 0.1) is 13.7 Å².